The molecule has 0 aliphatic carbocycles. The first-order valence-corrected chi connectivity index (χ1v) is 8.41. The molecule has 0 aliphatic heterocycles. The van der Waals surface area contributed by atoms with E-state index in [-0.39, 0.29) is 27.9 Å². The Bertz CT molecular complexity index is 905. The zero-order chi connectivity index (χ0) is 20.7. The van der Waals surface area contributed by atoms with Crippen molar-refractivity contribution in [2.45, 2.75) is 0 Å². The third-order valence-corrected chi connectivity index (χ3v) is 3.81. The Morgan fingerprint density at radius 2 is 1.89 bits per heavy atom. The summed E-state index contributed by atoms with van der Waals surface area (Å²) in [6, 6.07) is 8.36. The molecule has 0 atom stereocenters. The second-order valence-corrected chi connectivity index (χ2v) is 6.06. The number of rotatable bonds is 8. The Morgan fingerprint density at radius 3 is 2.54 bits per heavy atom. The summed E-state index contributed by atoms with van der Waals surface area (Å²) in [7, 11) is 1.36. The van der Waals surface area contributed by atoms with Crippen molar-refractivity contribution in [3.63, 3.8) is 0 Å². The first kappa shape index (κ1) is 21.3. The topological polar surface area (TPSA) is 117 Å². The number of carbonyl (C=O) groups is 2. The molecule has 148 valence electrons. The number of benzene rings is 2. The summed E-state index contributed by atoms with van der Waals surface area (Å²) in [5, 5.41) is 14.0. The molecule has 0 unspecified atom stereocenters. The lowest BCUT2D eigenvalue weighted by Crippen LogP contribution is -2.24. The van der Waals surface area contributed by atoms with Gasteiger partial charge in [-0.2, -0.15) is 0 Å². The van der Waals surface area contributed by atoms with E-state index in [1.807, 2.05) is 0 Å². The number of hydrogen-bond donors (Lipinski definition) is 1. The summed E-state index contributed by atoms with van der Waals surface area (Å²) >= 11 is 11.7. The van der Waals surface area contributed by atoms with Gasteiger partial charge < -0.3 is 19.5 Å². The van der Waals surface area contributed by atoms with E-state index in [0.717, 1.165) is 6.07 Å². The first-order valence-electron chi connectivity index (χ1n) is 7.66. The summed E-state index contributed by atoms with van der Waals surface area (Å²) in [5.41, 5.74) is -0.421. The SMILES string of the molecule is COc1ccc(NC(=O)COC(=O)COc2ccc(Cl)cc2Cl)c([N+](=O)[O-])c1. The van der Waals surface area contributed by atoms with Gasteiger partial charge in [-0.1, -0.05) is 23.2 Å². The number of carbonyl (C=O) groups excluding carboxylic acids is 2. The van der Waals surface area contributed by atoms with Gasteiger partial charge in [-0.25, -0.2) is 4.79 Å². The monoisotopic (exact) mass is 428 g/mol. The molecular weight excluding hydrogens is 415 g/mol. The van der Waals surface area contributed by atoms with Crippen LogP contribution in [-0.2, 0) is 14.3 Å². The second kappa shape index (κ2) is 9.77. The predicted octanol–water partition coefficient (Wildman–Crippen LogP) is 3.47. The highest BCUT2D eigenvalue weighted by Crippen LogP contribution is 2.29. The average Bonchev–Trinajstić information content (AvgIpc) is 2.65. The predicted molar refractivity (Wildman–Crippen MR) is 101 cm³/mol. The van der Waals surface area contributed by atoms with Crippen molar-refractivity contribution in [2.24, 2.45) is 0 Å². The molecule has 0 aliphatic rings. The molecule has 1 N–H and O–H groups in total. The van der Waals surface area contributed by atoms with Crippen molar-refractivity contribution >= 4 is 46.5 Å². The van der Waals surface area contributed by atoms with Crippen LogP contribution in [0.3, 0.4) is 0 Å². The van der Waals surface area contributed by atoms with Gasteiger partial charge in [0.05, 0.1) is 23.1 Å². The van der Waals surface area contributed by atoms with Crippen LogP contribution in [0.1, 0.15) is 0 Å². The standard InChI is InChI=1S/C17H14Cl2N2O7/c1-26-11-3-4-13(14(7-11)21(24)25)20-16(22)8-28-17(23)9-27-15-5-2-10(18)6-12(15)19/h2-7H,8-9H2,1H3,(H,20,22). The molecule has 9 nitrogen and oxygen atoms in total. The molecule has 2 aromatic rings. The molecule has 0 heterocycles. The average molecular weight is 429 g/mol. The van der Waals surface area contributed by atoms with Gasteiger partial charge in [-0.3, -0.25) is 14.9 Å². The Morgan fingerprint density at radius 1 is 1.14 bits per heavy atom. The van der Waals surface area contributed by atoms with Crippen LogP contribution in [0.15, 0.2) is 36.4 Å². The van der Waals surface area contributed by atoms with Gasteiger partial charge in [0.2, 0.25) is 0 Å². The molecule has 0 saturated heterocycles. The fourth-order valence-electron chi connectivity index (χ4n) is 2.00. The molecule has 2 rings (SSSR count). The maximum Gasteiger partial charge on any atom is 0.344 e. The van der Waals surface area contributed by atoms with Crippen LogP contribution in [0.4, 0.5) is 11.4 Å². The van der Waals surface area contributed by atoms with Gasteiger partial charge in [-0.05, 0) is 30.3 Å². The van der Waals surface area contributed by atoms with E-state index in [1.54, 1.807) is 0 Å². The van der Waals surface area contributed by atoms with Crippen LogP contribution >= 0.6 is 23.2 Å². The highest BCUT2D eigenvalue weighted by atomic mass is 35.5. The quantitative estimate of drug-likeness (QED) is 0.388. The van der Waals surface area contributed by atoms with Gasteiger partial charge in [0, 0.05) is 5.02 Å². The summed E-state index contributed by atoms with van der Waals surface area (Å²) in [5.74, 6) is -1.10. The van der Waals surface area contributed by atoms with Crippen molar-refractivity contribution in [1.29, 1.82) is 0 Å². The minimum Gasteiger partial charge on any atom is -0.496 e. The maximum absolute atomic E-state index is 11.9. The van der Waals surface area contributed by atoms with Crippen molar-refractivity contribution in [1.82, 2.24) is 0 Å². The molecule has 1 amide bonds. The minimum absolute atomic E-state index is 0.0592. The Balaban J connectivity index is 1.86. The summed E-state index contributed by atoms with van der Waals surface area (Å²) in [6.07, 6.45) is 0. The molecule has 0 bridgehead atoms. The molecule has 0 radical (unpaired) electrons. The fourth-order valence-corrected chi connectivity index (χ4v) is 2.46. The molecule has 2 aromatic carbocycles. The van der Waals surface area contributed by atoms with E-state index in [9.17, 15) is 19.7 Å². The van der Waals surface area contributed by atoms with Crippen LogP contribution < -0.4 is 14.8 Å². The zero-order valence-electron chi connectivity index (χ0n) is 14.4. The largest absolute Gasteiger partial charge is 0.496 e. The smallest absolute Gasteiger partial charge is 0.344 e. The van der Waals surface area contributed by atoms with E-state index >= 15 is 0 Å². The number of esters is 1. The molecular formula is C17H14Cl2N2O7. The Kier molecular flexibility index (Phi) is 7.42. The summed E-state index contributed by atoms with van der Waals surface area (Å²) in [6.45, 7) is -1.14. The van der Waals surface area contributed by atoms with Crippen LogP contribution in [-0.4, -0.2) is 37.1 Å². The van der Waals surface area contributed by atoms with Crippen LogP contribution in [0, 0.1) is 10.1 Å². The van der Waals surface area contributed by atoms with E-state index in [2.05, 4.69) is 5.32 Å². The number of anilines is 1. The normalized spacial score (nSPS) is 10.1. The third kappa shape index (κ3) is 6.00. The van der Waals surface area contributed by atoms with Gasteiger partial charge in [0.25, 0.3) is 11.6 Å². The number of nitro groups is 1. The molecule has 28 heavy (non-hydrogen) atoms. The van der Waals surface area contributed by atoms with Crippen molar-refractivity contribution in [3.8, 4) is 11.5 Å². The van der Waals surface area contributed by atoms with Crippen molar-refractivity contribution in [2.75, 3.05) is 25.6 Å². The fraction of sp³-hybridized carbons (Fsp3) is 0.176. The summed E-state index contributed by atoms with van der Waals surface area (Å²) in [4.78, 5) is 34.0. The van der Waals surface area contributed by atoms with Gasteiger partial charge in [0.1, 0.15) is 17.2 Å². The number of hydrogen-bond acceptors (Lipinski definition) is 7. The minimum atomic E-state index is -0.828. The van der Waals surface area contributed by atoms with Gasteiger partial charge >= 0.3 is 5.97 Å². The van der Waals surface area contributed by atoms with E-state index in [4.69, 9.17) is 37.4 Å². The van der Waals surface area contributed by atoms with Gasteiger partial charge in [-0.15, -0.1) is 0 Å². The number of nitrogens with zero attached hydrogens (tertiary/aromatic N) is 1. The van der Waals surface area contributed by atoms with Crippen LogP contribution in [0.5, 0.6) is 11.5 Å². The molecule has 0 saturated carbocycles. The summed E-state index contributed by atoms with van der Waals surface area (Å²) < 4.78 is 14.9. The first-order chi connectivity index (χ1) is 13.3. The lowest BCUT2D eigenvalue weighted by Gasteiger charge is -2.09. The lowest BCUT2D eigenvalue weighted by molar-refractivity contribution is -0.384. The number of nitro benzene ring substituents is 1. The highest BCUT2D eigenvalue weighted by molar-refractivity contribution is 6.35. The van der Waals surface area contributed by atoms with E-state index in [0.29, 0.717) is 5.02 Å². The van der Waals surface area contributed by atoms with E-state index < -0.39 is 30.0 Å². The van der Waals surface area contributed by atoms with Gasteiger partial charge in [0.15, 0.2) is 13.2 Å². The molecule has 11 heteroatoms. The Hall–Kier alpha value is -3.04. The number of halogens is 2. The molecule has 0 fully saturated rings. The number of amides is 1. The molecule has 0 spiro atoms. The van der Waals surface area contributed by atoms with Crippen molar-refractivity contribution < 1.29 is 28.7 Å². The number of methoxy groups -OCH3 is 1. The van der Waals surface area contributed by atoms with Crippen LogP contribution in [0.25, 0.3) is 0 Å². The highest BCUT2D eigenvalue weighted by Gasteiger charge is 2.18. The number of nitrogens with one attached hydrogen (secondary N) is 1. The molecule has 0 aromatic heterocycles. The van der Waals surface area contributed by atoms with E-state index in [1.165, 1.54) is 37.4 Å². The number of ether oxygens (including phenoxy) is 3. The maximum atomic E-state index is 11.9. The van der Waals surface area contributed by atoms with Crippen molar-refractivity contribution in [3.05, 3.63) is 56.6 Å². The van der Waals surface area contributed by atoms with Crippen LogP contribution in [0.2, 0.25) is 10.0 Å². The zero-order valence-corrected chi connectivity index (χ0v) is 16.0. The Labute approximate surface area is 169 Å². The second-order valence-electron chi connectivity index (χ2n) is 5.21. The third-order valence-electron chi connectivity index (χ3n) is 3.28. The lowest BCUT2D eigenvalue weighted by atomic mass is 10.2.